The van der Waals surface area contributed by atoms with Gasteiger partial charge in [0.25, 0.3) is 11.7 Å². The zero-order valence-corrected chi connectivity index (χ0v) is 71.4. The number of hydrogen-bond acceptors (Lipinski definition) is 26. The summed E-state index contributed by atoms with van der Waals surface area (Å²) in [6, 6.07) is 58.6. The lowest BCUT2D eigenvalue weighted by atomic mass is 10.1. The highest BCUT2D eigenvalue weighted by atomic mass is 35.9. The van der Waals surface area contributed by atoms with Gasteiger partial charge in [0.2, 0.25) is 5.82 Å². The molecule has 43 heteroatoms. The number of imidazole rings is 3. The average Bonchev–Trinajstić information content (AvgIpc) is 1.63. The lowest BCUT2D eigenvalue weighted by molar-refractivity contribution is -0.0459. The minimum atomic E-state index is -4.86. The molecule has 0 amide bonds. The number of benzene rings is 6. The average molecular weight is 1860 g/mol. The molecule has 3 aliphatic heterocycles. The van der Waals surface area contributed by atoms with Gasteiger partial charge in [-0.25, -0.2) is 58.0 Å². The summed E-state index contributed by atoms with van der Waals surface area (Å²) in [7, 11) is -9.60. The summed E-state index contributed by atoms with van der Waals surface area (Å²) in [6.07, 6.45) is -10.7. The number of aliphatic hydroxyl groups is 6. The van der Waals surface area contributed by atoms with Gasteiger partial charge in [0.05, 0.1) is 38.8 Å². The minimum absolute atomic E-state index is 0. The van der Waals surface area contributed by atoms with Crippen LogP contribution in [0.5, 0.6) is 0 Å². The number of aryl methyl sites for hydroxylation is 4. The molecule has 3 saturated heterocycles. The quantitative estimate of drug-likeness (QED) is 0.0168. The summed E-state index contributed by atoms with van der Waals surface area (Å²) < 4.78 is 115. The normalized spacial score (nSPS) is 21.0. The number of alkyl halides is 3. The third-order valence-electron chi connectivity index (χ3n) is 18.5. The highest BCUT2D eigenvalue weighted by Crippen LogP contribution is 2.72. The number of fused-ring (bicyclic) bond motifs is 3. The second-order valence-corrected chi connectivity index (χ2v) is 42.6. The van der Waals surface area contributed by atoms with Crippen LogP contribution in [0.3, 0.4) is 0 Å². The van der Waals surface area contributed by atoms with Gasteiger partial charge in [0.1, 0.15) is 54.2 Å². The maximum atomic E-state index is 15.4. The van der Waals surface area contributed by atoms with Crippen molar-refractivity contribution in [2.24, 2.45) is 0 Å². The van der Waals surface area contributed by atoms with Crippen molar-refractivity contribution in [3.8, 4) is 11.8 Å². The Morgan fingerprint density at radius 1 is 0.439 bits per heavy atom. The van der Waals surface area contributed by atoms with Crippen molar-refractivity contribution in [1.29, 1.82) is 0 Å². The molecule has 6 aromatic heterocycles. The molecule has 13 atom stereocenters. The van der Waals surface area contributed by atoms with Crippen LogP contribution < -0.4 is 16.0 Å². The molecule has 12 aromatic rings. The highest BCUT2D eigenvalue weighted by Gasteiger charge is 2.49. The van der Waals surface area contributed by atoms with Gasteiger partial charge in [-0.2, -0.15) is 0 Å². The first-order valence-corrected chi connectivity index (χ1v) is 48.8. The van der Waals surface area contributed by atoms with Gasteiger partial charge in [-0.3, -0.25) is 32.0 Å². The topological polar surface area (TPSA) is 454 Å². The Balaban J connectivity index is 0.000000181. The first-order valence-electron chi connectivity index (χ1n) is 37.8. The van der Waals surface area contributed by atoms with E-state index in [2.05, 4.69) is 67.7 Å². The highest BCUT2D eigenvalue weighted by molar-refractivity contribution is 8.21. The largest absolute Gasteiger partial charge is 0.397 e. The van der Waals surface area contributed by atoms with Crippen molar-refractivity contribution < 1.29 is 95.5 Å². The van der Waals surface area contributed by atoms with Gasteiger partial charge in [-0.15, -0.1) is 0 Å². The van der Waals surface area contributed by atoms with Crippen molar-refractivity contribution in [2.75, 3.05) is 54.2 Å². The molecular weight excluding hydrogens is 1770 g/mol. The second kappa shape index (κ2) is 44.9. The van der Waals surface area contributed by atoms with Gasteiger partial charge in [-0.1, -0.05) is 183 Å². The van der Waals surface area contributed by atoms with E-state index in [1.807, 2.05) is 182 Å². The zero-order chi connectivity index (χ0) is 87.3. The molecule has 656 valence electrons. The van der Waals surface area contributed by atoms with Gasteiger partial charge in [0, 0.05) is 44.6 Å². The number of nitrogens with one attached hydrogen (secondary N) is 3. The molecule has 3 aliphatic rings. The Morgan fingerprint density at radius 3 is 1.08 bits per heavy atom. The Morgan fingerprint density at radius 2 is 0.756 bits per heavy atom. The predicted molar refractivity (Wildman–Crippen MR) is 462 cm³/mol. The molecular formula is C80H90Cl4F3N15O17P4. The van der Waals surface area contributed by atoms with Crippen LogP contribution >= 0.6 is 71.8 Å². The fourth-order valence-electron chi connectivity index (χ4n) is 12.7. The molecule has 3 fully saturated rings. The maximum Gasteiger partial charge on any atom is 0.340 e. The van der Waals surface area contributed by atoms with Crippen LogP contribution in [0, 0.1) is 11.8 Å². The second-order valence-electron chi connectivity index (χ2n) is 27.7. The van der Waals surface area contributed by atoms with Crippen LogP contribution in [0.2, 0.25) is 0 Å². The summed E-state index contributed by atoms with van der Waals surface area (Å²) in [5.41, 5.74) is 8.39. The lowest BCUT2D eigenvalue weighted by Crippen LogP contribution is -2.31. The van der Waals surface area contributed by atoms with Crippen LogP contribution in [0.15, 0.2) is 201 Å². The van der Waals surface area contributed by atoms with E-state index in [0.29, 0.717) is 95.8 Å². The number of rotatable bonds is 27. The number of halogens is 7. The van der Waals surface area contributed by atoms with E-state index in [4.69, 9.17) is 83.6 Å². The Kier molecular flexibility index (Phi) is 35.2. The molecule has 0 saturated carbocycles. The van der Waals surface area contributed by atoms with Crippen molar-refractivity contribution in [2.45, 2.75) is 133 Å². The number of hydrogen-bond donors (Lipinski definition) is 12. The Hall–Kier alpha value is -8.72. The summed E-state index contributed by atoms with van der Waals surface area (Å²) >= 11 is 20.0. The van der Waals surface area contributed by atoms with E-state index in [-0.39, 0.29) is 25.5 Å². The van der Waals surface area contributed by atoms with Gasteiger partial charge in [-0.05, 0) is 111 Å². The molecule has 0 spiro atoms. The van der Waals surface area contributed by atoms with Crippen LogP contribution in [0.1, 0.15) is 83.9 Å². The van der Waals surface area contributed by atoms with E-state index in [1.165, 1.54) is 32.7 Å². The van der Waals surface area contributed by atoms with Crippen LogP contribution in [0.4, 0.5) is 30.6 Å². The van der Waals surface area contributed by atoms with Gasteiger partial charge in [0.15, 0.2) is 94.0 Å². The summed E-state index contributed by atoms with van der Waals surface area (Å²) in [6.45, 7) is 1.64. The molecule has 0 radical (unpaired) electrons. The van der Waals surface area contributed by atoms with Crippen LogP contribution in [0.25, 0.3) is 33.5 Å². The third kappa shape index (κ3) is 27.4. The Bertz CT molecular complexity index is 5640. The standard InChI is InChI=1S/C26H30FN5O8P2.C25H26FN5O3.C25H22FN5O3.C2H6O.CH2Cl4O2P2.CH4/c27-21-23(33)19(14-39-42(37,38)16-41(34,35)36)40-26(21)32-15-29-22-24(28-13-18-9-5-2-6-10-18)30-20(31-25(22)32)12-11-17-7-3-1-4-8-17;2*26-20-22(33)18(14-32)34-25(20)31-15-28-21-23(27-13-17-9-5-2-6-10-17)29-19(30-24(21)31)12-11-16-7-3-1-4-8-16;1-2-3;2-8(3,6)1-9(4,5)7;/h1-10,15,19,21,23,26,33H,11-14,16H2,(H,37,38)(H,28,30,31)(H2,34,35,36);1-10,15,18,20,22,25,32-33H,11-14H2,(H,27,29,30);1-10,15,18,20,22,25,32-33H,13-14H2,(H,27,29,30);3H,2H2,1H3;1H2;1H4/t19-,21+,23-,26-;2*18-,20+,22-,25-;;;/m111.../s1. The number of aliphatic hydroxyl groups excluding tert-OH is 6. The van der Waals surface area contributed by atoms with Crippen molar-refractivity contribution in [1.82, 2.24) is 58.6 Å². The van der Waals surface area contributed by atoms with Crippen molar-refractivity contribution in [3.63, 3.8) is 0 Å². The molecule has 123 heavy (non-hydrogen) atoms. The summed E-state index contributed by atoms with van der Waals surface area (Å²) in [5.74, 6) is -0.00936. The monoisotopic (exact) mass is 1850 g/mol. The zero-order valence-electron chi connectivity index (χ0n) is 64.8. The molecule has 32 nitrogen and oxygen atoms in total. The molecule has 15 rings (SSSR count). The number of ether oxygens (including phenoxy) is 3. The molecule has 1 unspecified atom stereocenters. The number of aromatic nitrogens is 12. The summed E-state index contributed by atoms with van der Waals surface area (Å²) in [4.78, 5) is 68.7. The van der Waals surface area contributed by atoms with E-state index >= 15 is 4.39 Å². The molecule has 6 aromatic carbocycles. The number of anilines is 3. The molecule has 12 N–H and O–H groups in total. The smallest absolute Gasteiger partial charge is 0.340 e. The van der Waals surface area contributed by atoms with Gasteiger partial charge < -0.3 is 80.0 Å². The first-order chi connectivity index (χ1) is 58.4. The first kappa shape index (κ1) is 96.5. The summed E-state index contributed by atoms with van der Waals surface area (Å²) in [5, 5.41) is 66.9. The van der Waals surface area contributed by atoms with E-state index in [1.54, 1.807) is 6.92 Å². The van der Waals surface area contributed by atoms with Crippen molar-refractivity contribution in [3.05, 3.63) is 252 Å². The van der Waals surface area contributed by atoms with Crippen LogP contribution in [-0.4, -0.2) is 197 Å². The Labute approximate surface area is 723 Å². The fourth-order valence-corrected chi connectivity index (χ4v) is 24.2. The van der Waals surface area contributed by atoms with Gasteiger partial charge >= 0.3 is 15.2 Å². The molecule has 9 heterocycles. The molecule has 0 bridgehead atoms. The predicted octanol–water partition coefficient (Wildman–Crippen LogP) is 13.3. The van der Waals surface area contributed by atoms with Crippen molar-refractivity contribution >= 4 is 123 Å². The molecule has 0 aliphatic carbocycles. The third-order valence-corrected chi connectivity index (χ3v) is 28.5. The minimum Gasteiger partial charge on any atom is -0.397 e. The fraction of sp³-hybridized carbons (Fsp3) is 0.338. The van der Waals surface area contributed by atoms with Crippen LogP contribution in [-0.2, 0) is 82.3 Å². The lowest BCUT2D eigenvalue weighted by Gasteiger charge is -2.18. The SMILES string of the molecule is C.CCO.O=P(Cl)(Cl)CP(=O)(Cl)Cl.O=P(O)(O)CP(=O)(O)OC[C@H]1O[C@@H](n2cnc3c(NCc4ccccc4)nc(CCc4ccccc4)nc32)[C@@H](F)[C@@H]1O.OC[C@H]1O[C@@H](n2cnc3c(NCc4ccccc4)nc(C#Cc4ccccc4)nc32)[C@@H](F)[C@@H]1O.OC[C@H]1O[C@@H](n2cnc3c(NCc4ccccc4)nc(CCc4ccccc4)nc32)[C@@H](F)[C@@H]1O. The maximum absolute atomic E-state index is 15.4. The van der Waals surface area contributed by atoms with E-state index in [9.17, 15) is 57.5 Å². The van der Waals surface area contributed by atoms with E-state index < -0.39 is 132 Å². The number of nitrogens with zero attached hydrogens (tertiary/aromatic N) is 12. The van der Waals surface area contributed by atoms with E-state index in [0.717, 1.165) is 39.8 Å².